The first kappa shape index (κ1) is 13.0. The first-order valence-corrected chi connectivity index (χ1v) is 6.91. The monoisotopic (exact) mass is 269 g/mol. The summed E-state index contributed by atoms with van der Waals surface area (Å²) in [5.74, 6) is 1.74. The van der Waals surface area contributed by atoms with Gasteiger partial charge in [0.25, 0.3) is 0 Å². The molecule has 0 bridgehead atoms. The largest absolute Gasteiger partial charge is 0.355 e. The summed E-state index contributed by atoms with van der Waals surface area (Å²) in [5.41, 5.74) is 9.09. The minimum Gasteiger partial charge on any atom is -0.355 e. The van der Waals surface area contributed by atoms with E-state index in [0.717, 1.165) is 48.0 Å². The van der Waals surface area contributed by atoms with Gasteiger partial charge in [0.1, 0.15) is 5.82 Å². The molecule has 5 heteroatoms. The van der Waals surface area contributed by atoms with Gasteiger partial charge in [0, 0.05) is 48.3 Å². The van der Waals surface area contributed by atoms with Crippen molar-refractivity contribution >= 4 is 5.82 Å². The molecule has 1 aliphatic rings. The minimum atomic E-state index is 0.242. The molecule has 2 aromatic heterocycles. The molecule has 3 rings (SSSR count). The van der Waals surface area contributed by atoms with Crippen LogP contribution in [0.3, 0.4) is 0 Å². The van der Waals surface area contributed by atoms with E-state index in [-0.39, 0.29) is 6.04 Å². The van der Waals surface area contributed by atoms with E-state index in [9.17, 15) is 0 Å². The Morgan fingerprint density at radius 3 is 2.80 bits per heavy atom. The zero-order valence-corrected chi connectivity index (χ0v) is 11.9. The average Bonchev–Trinajstić information content (AvgIpc) is 2.89. The summed E-state index contributed by atoms with van der Waals surface area (Å²) in [6, 6.07) is 4.13. The summed E-state index contributed by atoms with van der Waals surface area (Å²) in [6.07, 6.45) is 4.57. The second kappa shape index (κ2) is 5.17. The molecule has 1 unspecified atom stereocenters. The molecular weight excluding hydrogens is 250 g/mol. The van der Waals surface area contributed by atoms with Crippen LogP contribution >= 0.6 is 0 Å². The zero-order valence-electron chi connectivity index (χ0n) is 11.9. The second-order valence-corrected chi connectivity index (χ2v) is 5.32. The fraction of sp³-hybridized carbons (Fsp3) is 0.400. The fourth-order valence-corrected chi connectivity index (χ4v) is 2.53. The van der Waals surface area contributed by atoms with Crippen molar-refractivity contribution in [1.82, 2.24) is 15.0 Å². The van der Waals surface area contributed by atoms with Crippen molar-refractivity contribution in [1.29, 1.82) is 0 Å². The highest BCUT2D eigenvalue weighted by Crippen LogP contribution is 2.26. The van der Waals surface area contributed by atoms with Gasteiger partial charge in [-0.3, -0.25) is 4.98 Å². The molecule has 104 valence electrons. The van der Waals surface area contributed by atoms with E-state index in [1.165, 1.54) is 0 Å². The van der Waals surface area contributed by atoms with Crippen LogP contribution in [-0.4, -0.2) is 34.1 Å². The highest BCUT2D eigenvalue weighted by atomic mass is 15.2. The molecule has 3 heterocycles. The van der Waals surface area contributed by atoms with Gasteiger partial charge in [0.05, 0.1) is 0 Å². The molecule has 2 N–H and O–H groups in total. The lowest BCUT2D eigenvalue weighted by Gasteiger charge is -2.20. The van der Waals surface area contributed by atoms with Gasteiger partial charge in [-0.15, -0.1) is 0 Å². The van der Waals surface area contributed by atoms with Crippen molar-refractivity contribution in [2.24, 2.45) is 5.73 Å². The van der Waals surface area contributed by atoms with Crippen molar-refractivity contribution in [3.05, 3.63) is 35.8 Å². The summed E-state index contributed by atoms with van der Waals surface area (Å²) < 4.78 is 0. The zero-order chi connectivity index (χ0) is 14.1. The maximum atomic E-state index is 6.00. The summed E-state index contributed by atoms with van der Waals surface area (Å²) in [7, 11) is 0. The SMILES string of the molecule is Cc1nc(-c2cccnc2)nc(N2CCC(N)C2)c1C. The molecule has 0 aromatic carbocycles. The smallest absolute Gasteiger partial charge is 0.163 e. The quantitative estimate of drug-likeness (QED) is 0.898. The van der Waals surface area contributed by atoms with Crippen LogP contribution in [0.1, 0.15) is 17.7 Å². The molecule has 0 saturated carbocycles. The number of hydrogen-bond donors (Lipinski definition) is 1. The summed E-state index contributed by atoms with van der Waals surface area (Å²) in [5, 5.41) is 0. The Hall–Kier alpha value is -2.01. The molecule has 5 nitrogen and oxygen atoms in total. The van der Waals surface area contributed by atoms with Crippen molar-refractivity contribution in [2.75, 3.05) is 18.0 Å². The number of nitrogens with zero attached hydrogens (tertiary/aromatic N) is 4. The minimum absolute atomic E-state index is 0.242. The van der Waals surface area contributed by atoms with Crippen molar-refractivity contribution in [2.45, 2.75) is 26.3 Å². The van der Waals surface area contributed by atoms with Crippen molar-refractivity contribution in [3.8, 4) is 11.4 Å². The van der Waals surface area contributed by atoms with Crippen LogP contribution in [0.4, 0.5) is 5.82 Å². The number of rotatable bonds is 2. The number of aromatic nitrogens is 3. The third kappa shape index (κ3) is 2.36. The van der Waals surface area contributed by atoms with Gasteiger partial charge in [0.15, 0.2) is 5.82 Å². The lowest BCUT2D eigenvalue weighted by molar-refractivity contribution is 0.751. The topological polar surface area (TPSA) is 67.9 Å². The lowest BCUT2D eigenvalue weighted by Crippen LogP contribution is -2.27. The number of aryl methyl sites for hydroxylation is 1. The van der Waals surface area contributed by atoms with Gasteiger partial charge < -0.3 is 10.6 Å². The second-order valence-electron chi connectivity index (χ2n) is 5.32. The van der Waals surface area contributed by atoms with E-state index >= 15 is 0 Å². The Morgan fingerprint density at radius 1 is 1.30 bits per heavy atom. The molecule has 20 heavy (non-hydrogen) atoms. The van der Waals surface area contributed by atoms with E-state index < -0.39 is 0 Å². The predicted octanol–water partition coefficient (Wildman–Crippen LogP) is 1.69. The number of nitrogens with two attached hydrogens (primary N) is 1. The van der Waals surface area contributed by atoms with Gasteiger partial charge in [0.2, 0.25) is 0 Å². The molecule has 2 aromatic rings. The maximum Gasteiger partial charge on any atom is 0.163 e. The van der Waals surface area contributed by atoms with E-state index in [2.05, 4.69) is 21.8 Å². The van der Waals surface area contributed by atoms with Crippen molar-refractivity contribution < 1.29 is 0 Å². The van der Waals surface area contributed by atoms with Crippen LogP contribution < -0.4 is 10.6 Å². The molecule has 0 aliphatic carbocycles. The maximum absolute atomic E-state index is 6.00. The van der Waals surface area contributed by atoms with Crippen LogP contribution in [0.15, 0.2) is 24.5 Å². The molecule has 0 radical (unpaired) electrons. The van der Waals surface area contributed by atoms with Gasteiger partial charge in [-0.25, -0.2) is 9.97 Å². The Balaban J connectivity index is 2.04. The summed E-state index contributed by atoms with van der Waals surface area (Å²) in [6.45, 7) is 5.92. The van der Waals surface area contributed by atoms with Gasteiger partial charge >= 0.3 is 0 Å². The fourth-order valence-electron chi connectivity index (χ4n) is 2.53. The molecule has 1 fully saturated rings. The third-order valence-corrected chi connectivity index (χ3v) is 3.81. The van der Waals surface area contributed by atoms with Crippen LogP contribution in [0, 0.1) is 13.8 Å². The predicted molar refractivity (Wildman–Crippen MR) is 79.5 cm³/mol. The summed E-state index contributed by atoms with van der Waals surface area (Å²) >= 11 is 0. The van der Waals surface area contributed by atoms with E-state index in [1.54, 1.807) is 12.4 Å². The average molecular weight is 269 g/mol. The Labute approximate surface area is 118 Å². The highest BCUT2D eigenvalue weighted by molar-refractivity contribution is 5.59. The molecule has 1 saturated heterocycles. The van der Waals surface area contributed by atoms with Crippen molar-refractivity contribution in [3.63, 3.8) is 0 Å². The molecule has 0 spiro atoms. The standard InChI is InChI=1S/C15H19N5/c1-10-11(2)18-14(12-4-3-6-17-8-12)19-15(10)20-7-5-13(16)9-20/h3-4,6,8,13H,5,7,9,16H2,1-2H3. The number of anilines is 1. The van der Waals surface area contributed by atoms with Gasteiger partial charge in [-0.2, -0.15) is 0 Å². The van der Waals surface area contributed by atoms with Crippen LogP contribution in [0.25, 0.3) is 11.4 Å². The van der Waals surface area contributed by atoms with E-state index in [1.807, 2.05) is 19.1 Å². The number of pyridine rings is 1. The van der Waals surface area contributed by atoms with E-state index in [0.29, 0.717) is 0 Å². The summed E-state index contributed by atoms with van der Waals surface area (Å²) in [4.78, 5) is 15.7. The molecule has 1 atom stereocenters. The van der Waals surface area contributed by atoms with Gasteiger partial charge in [-0.05, 0) is 32.4 Å². The first-order chi connectivity index (χ1) is 9.65. The van der Waals surface area contributed by atoms with Crippen LogP contribution in [0.2, 0.25) is 0 Å². The molecule has 1 aliphatic heterocycles. The normalized spacial score (nSPS) is 18.6. The highest BCUT2D eigenvalue weighted by Gasteiger charge is 2.23. The van der Waals surface area contributed by atoms with Crippen LogP contribution in [0.5, 0.6) is 0 Å². The van der Waals surface area contributed by atoms with Crippen LogP contribution in [-0.2, 0) is 0 Å². The third-order valence-electron chi connectivity index (χ3n) is 3.81. The van der Waals surface area contributed by atoms with Gasteiger partial charge in [-0.1, -0.05) is 0 Å². The molecule has 0 amide bonds. The molecular formula is C15H19N5. The Kier molecular flexibility index (Phi) is 3.36. The lowest BCUT2D eigenvalue weighted by atomic mass is 10.2. The number of hydrogen-bond acceptors (Lipinski definition) is 5. The Bertz CT molecular complexity index is 611. The van der Waals surface area contributed by atoms with E-state index in [4.69, 9.17) is 10.7 Å². The first-order valence-electron chi connectivity index (χ1n) is 6.91. The Morgan fingerprint density at radius 2 is 2.15 bits per heavy atom.